The van der Waals surface area contributed by atoms with Gasteiger partial charge in [-0.25, -0.2) is 4.98 Å². The predicted molar refractivity (Wildman–Crippen MR) is 60.5 cm³/mol. The normalized spacial score (nSPS) is 20.4. The maximum absolute atomic E-state index is 11.7. The van der Waals surface area contributed by atoms with Gasteiger partial charge in [0, 0.05) is 18.8 Å². The van der Waals surface area contributed by atoms with Crippen molar-refractivity contribution >= 4 is 29.0 Å². The Morgan fingerprint density at radius 2 is 2.38 bits per heavy atom. The van der Waals surface area contributed by atoms with Crippen molar-refractivity contribution in [3.63, 3.8) is 0 Å². The Balaban J connectivity index is 2.39. The monoisotopic (exact) mass is 242 g/mol. The topological polar surface area (TPSA) is 92.1 Å². The summed E-state index contributed by atoms with van der Waals surface area (Å²) in [6.07, 6.45) is 1.55. The minimum atomic E-state index is -0.406. The Labute approximate surface area is 96.4 Å². The summed E-state index contributed by atoms with van der Waals surface area (Å²) < 4.78 is 0. The van der Waals surface area contributed by atoms with Crippen LogP contribution in [0.1, 0.15) is 6.42 Å². The molecule has 2 heterocycles. The number of hydrogen-bond acceptors (Lipinski definition) is 4. The van der Waals surface area contributed by atoms with Crippen LogP contribution in [-0.2, 0) is 4.79 Å². The van der Waals surface area contributed by atoms with Gasteiger partial charge in [-0.3, -0.25) is 9.59 Å². The van der Waals surface area contributed by atoms with Crippen LogP contribution in [0.25, 0.3) is 0 Å². The van der Waals surface area contributed by atoms with Crippen molar-refractivity contribution in [2.45, 2.75) is 6.42 Å². The summed E-state index contributed by atoms with van der Waals surface area (Å²) in [5.74, 6) is 0.372. The zero-order valence-electron chi connectivity index (χ0n) is 8.44. The number of nitrogen functional groups attached to an aromatic ring is 1. The van der Waals surface area contributed by atoms with Crippen molar-refractivity contribution in [2.24, 2.45) is 5.92 Å². The van der Waals surface area contributed by atoms with Crippen LogP contribution in [0.15, 0.2) is 11.1 Å². The predicted octanol–water partition coefficient (Wildman–Crippen LogP) is -0.0562. The lowest BCUT2D eigenvalue weighted by atomic mass is 10.1. The molecule has 16 heavy (non-hydrogen) atoms. The number of nitrogens with two attached hydrogens (primary N) is 1. The van der Waals surface area contributed by atoms with Gasteiger partial charge in [0.15, 0.2) is 11.5 Å². The summed E-state index contributed by atoms with van der Waals surface area (Å²) in [5.41, 5.74) is 5.31. The fraction of sp³-hybridized carbons (Fsp3) is 0.444. The smallest absolute Gasteiger partial charge is 0.276 e. The molecule has 6 nitrogen and oxygen atoms in total. The van der Waals surface area contributed by atoms with E-state index in [2.05, 4.69) is 9.97 Å². The van der Waals surface area contributed by atoms with Gasteiger partial charge >= 0.3 is 0 Å². The number of H-pyrrole nitrogens is 1. The summed E-state index contributed by atoms with van der Waals surface area (Å²) >= 11 is 5.69. The number of alkyl halides is 1. The third kappa shape index (κ3) is 1.76. The Bertz CT molecular complexity index is 473. The van der Waals surface area contributed by atoms with E-state index in [1.807, 2.05) is 0 Å². The van der Waals surface area contributed by atoms with Gasteiger partial charge in [-0.15, -0.1) is 11.6 Å². The molecular weight excluding hydrogens is 232 g/mol. The molecule has 0 bridgehead atoms. The van der Waals surface area contributed by atoms with Crippen molar-refractivity contribution in [1.29, 1.82) is 0 Å². The van der Waals surface area contributed by atoms with Gasteiger partial charge in [0.2, 0.25) is 5.91 Å². The minimum Gasteiger partial charge on any atom is -0.382 e. The Morgan fingerprint density at radius 1 is 1.62 bits per heavy atom. The first-order valence-electron chi connectivity index (χ1n) is 4.83. The van der Waals surface area contributed by atoms with Crippen LogP contribution < -0.4 is 16.2 Å². The number of aromatic amines is 1. The van der Waals surface area contributed by atoms with Crippen molar-refractivity contribution in [3.8, 4) is 0 Å². The quantitative estimate of drug-likeness (QED) is 0.711. The highest BCUT2D eigenvalue weighted by Crippen LogP contribution is 2.25. The van der Waals surface area contributed by atoms with Crippen LogP contribution in [-0.4, -0.2) is 28.3 Å². The molecule has 0 saturated carbocycles. The number of amides is 1. The molecule has 1 atom stereocenters. The zero-order valence-corrected chi connectivity index (χ0v) is 9.20. The molecule has 2 rings (SSSR count). The molecule has 0 aliphatic carbocycles. The summed E-state index contributed by atoms with van der Waals surface area (Å²) in [5, 5.41) is 0. The number of nitrogens with zero attached hydrogens (tertiary/aromatic N) is 2. The summed E-state index contributed by atoms with van der Waals surface area (Å²) in [4.78, 5) is 30.8. The van der Waals surface area contributed by atoms with Gasteiger partial charge in [-0.05, 0) is 5.92 Å². The van der Waals surface area contributed by atoms with E-state index in [-0.39, 0.29) is 23.3 Å². The van der Waals surface area contributed by atoms with Gasteiger partial charge in [0.1, 0.15) is 0 Å². The van der Waals surface area contributed by atoms with Crippen LogP contribution in [0.2, 0.25) is 0 Å². The molecule has 1 aliphatic heterocycles. The Kier molecular flexibility index (Phi) is 2.82. The number of nitrogens with one attached hydrogen (secondary N) is 1. The molecule has 0 aromatic carbocycles. The molecule has 1 fully saturated rings. The average Bonchev–Trinajstić information content (AvgIpc) is 2.60. The van der Waals surface area contributed by atoms with Gasteiger partial charge in [0.25, 0.3) is 5.56 Å². The van der Waals surface area contributed by atoms with Crippen LogP contribution in [0.4, 0.5) is 11.5 Å². The van der Waals surface area contributed by atoms with Gasteiger partial charge in [0.05, 0.1) is 6.33 Å². The van der Waals surface area contributed by atoms with Crippen molar-refractivity contribution < 1.29 is 4.79 Å². The van der Waals surface area contributed by atoms with Gasteiger partial charge in [-0.2, -0.15) is 0 Å². The number of halogens is 1. The molecule has 0 spiro atoms. The first-order valence-corrected chi connectivity index (χ1v) is 5.36. The lowest BCUT2D eigenvalue weighted by Gasteiger charge is -2.16. The summed E-state index contributed by atoms with van der Waals surface area (Å²) in [6, 6.07) is 0. The molecule has 1 unspecified atom stereocenters. The van der Waals surface area contributed by atoms with Crippen LogP contribution in [0, 0.1) is 5.92 Å². The molecule has 1 saturated heterocycles. The first kappa shape index (κ1) is 10.9. The number of anilines is 2. The lowest BCUT2D eigenvalue weighted by Crippen LogP contribution is -2.32. The second-order valence-electron chi connectivity index (χ2n) is 3.69. The minimum absolute atomic E-state index is 0.0623. The average molecular weight is 243 g/mol. The second-order valence-corrected chi connectivity index (χ2v) is 4.00. The maximum atomic E-state index is 11.7. The van der Waals surface area contributed by atoms with E-state index in [9.17, 15) is 9.59 Å². The molecule has 1 aliphatic rings. The third-order valence-electron chi connectivity index (χ3n) is 2.55. The zero-order chi connectivity index (χ0) is 11.7. The van der Waals surface area contributed by atoms with E-state index in [0.29, 0.717) is 18.8 Å². The van der Waals surface area contributed by atoms with E-state index in [1.54, 1.807) is 0 Å². The highest BCUT2D eigenvalue weighted by Gasteiger charge is 2.32. The fourth-order valence-electron chi connectivity index (χ4n) is 1.77. The Hall–Kier alpha value is -1.56. The molecular formula is C9H11ClN4O2. The van der Waals surface area contributed by atoms with Crippen molar-refractivity contribution in [3.05, 3.63) is 16.7 Å². The number of carbonyl (C=O) groups is 1. The molecule has 86 valence electrons. The molecule has 1 aromatic heterocycles. The largest absolute Gasteiger partial charge is 0.382 e. The Morgan fingerprint density at radius 3 is 2.94 bits per heavy atom. The molecule has 1 amide bonds. The third-order valence-corrected chi connectivity index (χ3v) is 2.99. The van der Waals surface area contributed by atoms with E-state index < -0.39 is 5.56 Å². The molecule has 1 aromatic rings. The van der Waals surface area contributed by atoms with E-state index in [0.717, 1.165) is 0 Å². The van der Waals surface area contributed by atoms with Crippen LogP contribution in [0.3, 0.4) is 0 Å². The molecule has 0 radical (unpaired) electrons. The SMILES string of the molecule is Nc1nc[nH]c(=O)c1N1CC(CCl)CC1=O. The van der Waals surface area contributed by atoms with Crippen LogP contribution in [0.5, 0.6) is 0 Å². The molecule has 7 heteroatoms. The van der Waals surface area contributed by atoms with E-state index in [4.69, 9.17) is 17.3 Å². The number of aromatic nitrogens is 2. The lowest BCUT2D eigenvalue weighted by molar-refractivity contribution is -0.117. The van der Waals surface area contributed by atoms with Crippen LogP contribution >= 0.6 is 11.6 Å². The van der Waals surface area contributed by atoms with E-state index >= 15 is 0 Å². The van der Waals surface area contributed by atoms with Gasteiger partial charge < -0.3 is 15.6 Å². The summed E-state index contributed by atoms with van der Waals surface area (Å²) in [7, 11) is 0. The van der Waals surface area contributed by atoms with Crippen molar-refractivity contribution in [2.75, 3.05) is 23.1 Å². The van der Waals surface area contributed by atoms with Crippen molar-refractivity contribution in [1.82, 2.24) is 9.97 Å². The maximum Gasteiger partial charge on any atom is 0.276 e. The van der Waals surface area contributed by atoms with Gasteiger partial charge in [-0.1, -0.05) is 0 Å². The number of rotatable bonds is 2. The highest BCUT2D eigenvalue weighted by atomic mass is 35.5. The standard InChI is InChI=1S/C9H11ClN4O2/c10-2-5-1-6(15)14(3-5)7-8(11)12-4-13-9(7)16/h4-5H,1-3H2,(H3,11,12,13,16). The number of carbonyl (C=O) groups excluding carboxylic acids is 1. The fourth-order valence-corrected chi connectivity index (χ4v) is 1.97. The molecule has 3 N–H and O–H groups in total. The highest BCUT2D eigenvalue weighted by molar-refractivity contribution is 6.18. The second kappa shape index (κ2) is 4.13. The summed E-state index contributed by atoms with van der Waals surface area (Å²) in [6.45, 7) is 0.418. The first-order chi connectivity index (χ1) is 7.63. The number of hydrogen-bond donors (Lipinski definition) is 2. The van der Waals surface area contributed by atoms with E-state index in [1.165, 1.54) is 11.2 Å².